The number of rotatable bonds is 9. The highest BCUT2D eigenvalue weighted by molar-refractivity contribution is 6.67. The molecule has 0 unspecified atom stereocenters. The van der Waals surface area contributed by atoms with Crippen LogP contribution in [-0.4, -0.2) is 34.0 Å². The van der Waals surface area contributed by atoms with Gasteiger partial charge in [-0.2, -0.15) is 0 Å². The number of ether oxygens (including phenoxy) is 1. The molecule has 0 heterocycles. The van der Waals surface area contributed by atoms with Crippen molar-refractivity contribution in [1.82, 2.24) is 0 Å². The fourth-order valence-corrected chi connectivity index (χ4v) is 4.40. The minimum Gasteiger partial charge on any atom is -0.460 e. The van der Waals surface area contributed by atoms with Gasteiger partial charge in [-0.05, 0) is 26.8 Å². The van der Waals surface area contributed by atoms with E-state index in [1.807, 2.05) is 13.8 Å². The van der Waals surface area contributed by atoms with Crippen LogP contribution in [0.1, 0.15) is 34.1 Å². The van der Waals surface area contributed by atoms with Gasteiger partial charge in [-0.25, -0.2) is 4.79 Å². The molecule has 4 nitrogen and oxygen atoms in total. The second kappa shape index (κ2) is 8.44. The first kappa shape index (κ1) is 16.3. The summed E-state index contributed by atoms with van der Waals surface area (Å²) in [5, 5.41) is 0. The summed E-state index contributed by atoms with van der Waals surface area (Å²) in [6, 6.07) is 0.831. The zero-order chi connectivity index (χ0) is 13.3. The van der Waals surface area contributed by atoms with Crippen molar-refractivity contribution in [2.45, 2.75) is 40.2 Å². The standard InChI is InChI=1S/C12H24O4Si/c1-6-9-17(15-7-2,16-8-3)10-14-12(13)11(4)5/h4,6-10H2,1-3,5H3. The Morgan fingerprint density at radius 2 is 1.71 bits per heavy atom. The van der Waals surface area contributed by atoms with Gasteiger partial charge in [0.25, 0.3) is 0 Å². The minimum absolute atomic E-state index is 0.244. The third-order valence-corrected chi connectivity index (χ3v) is 5.69. The number of esters is 1. The Kier molecular flexibility index (Phi) is 8.12. The van der Waals surface area contributed by atoms with Crippen LogP contribution in [0.25, 0.3) is 0 Å². The van der Waals surface area contributed by atoms with Gasteiger partial charge in [-0.1, -0.05) is 19.9 Å². The van der Waals surface area contributed by atoms with Crippen LogP contribution in [0.4, 0.5) is 0 Å². The van der Waals surface area contributed by atoms with Crippen LogP contribution in [0.2, 0.25) is 6.04 Å². The van der Waals surface area contributed by atoms with Gasteiger partial charge in [0.05, 0.1) is 0 Å². The van der Waals surface area contributed by atoms with E-state index in [1.165, 1.54) is 0 Å². The fourth-order valence-electron chi connectivity index (χ4n) is 1.55. The predicted octanol–water partition coefficient (Wildman–Crippen LogP) is 2.57. The summed E-state index contributed by atoms with van der Waals surface area (Å²) in [5.41, 5.74) is 0.400. The largest absolute Gasteiger partial charge is 0.460 e. The molecule has 0 atom stereocenters. The maximum Gasteiger partial charge on any atom is 0.377 e. The Morgan fingerprint density at radius 3 is 2.06 bits per heavy atom. The predicted molar refractivity (Wildman–Crippen MR) is 69.9 cm³/mol. The zero-order valence-corrected chi connectivity index (χ0v) is 12.4. The maximum absolute atomic E-state index is 11.4. The van der Waals surface area contributed by atoms with Crippen molar-refractivity contribution in [1.29, 1.82) is 0 Å². The van der Waals surface area contributed by atoms with E-state index in [0.29, 0.717) is 18.8 Å². The highest BCUT2D eigenvalue weighted by atomic mass is 28.4. The average Bonchev–Trinajstić information content (AvgIpc) is 2.27. The lowest BCUT2D eigenvalue weighted by Crippen LogP contribution is -2.48. The van der Waals surface area contributed by atoms with Gasteiger partial charge >= 0.3 is 14.5 Å². The molecule has 0 rings (SSSR count). The van der Waals surface area contributed by atoms with Gasteiger partial charge in [0.15, 0.2) is 0 Å². The molecule has 0 aliphatic rings. The molecule has 100 valence electrons. The van der Waals surface area contributed by atoms with E-state index in [2.05, 4.69) is 13.5 Å². The monoisotopic (exact) mass is 260 g/mol. The van der Waals surface area contributed by atoms with E-state index >= 15 is 0 Å². The Balaban J connectivity index is 4.53. The van der Waals surface area contributed by atoms with Crippen LogP contribution in [0.15, 0.2) is 12.2 Å². The average molecular weight is 260 g/mol. The molecule has 0 aromatic rings. The van der Waals surface area contributed by atoms with Crippen LogP contribution in [0.5, 0.6) is 0 Å². The molecule has 0 aromatic heterocycles. The quantitative estimate of drug-likeness (QED) is 0.363. The molecule has 0 saturated heterocycles. The molecular formula is C12H24O4Si. The lowest BCUT2D eigenvalue weighted by atomic mass is 10.4. The molecule has 0 spiro atoms. The van der Waals surface area contributed by atoms with Crippen LogP contribution in [-0.2, 0) is 18.4 Å². The summed E-state index contributed by atoms with van der Waals surface area (Å²) in [4.78, 5) is 11.4. The molecule has 17 heavy (non-hydrogen) atoms. The van der Waals surface area contributed by atoms with Gasteiger partial charge in [-0.3, -0.25) is 0 Å². The van der Waals surface area contributed by atoms with Crippen molar-refractivity contribution in [3.8, 4) is 0 Å². The van der Waals surface area contributed by atoms with E-state index in [0.717, 1.165) is 12.5 Å². The van der Waals surface area contributed by atoms with Crippen molar-refractivity contribution in [2.75, 3.05) is 19.4 Å². The van der Waals surface area contributed by atoms with E-state index in [9.17, 15) is 4.79 Å². The number of hydrogen-bond acceptors (Lipinski definition) is 4. The van der Waals surface area contributed by atoms with Crippen LogP contribution < -0.4 is 0 Å². The summed E-state index contributed by atoms with van der Waals surface area (Å²) in [5.74, 6) is -0.377. The number of carbonyl (C=O) groups is 1. The van der Waals surface area contributed by atoms with Crippen LogP contribution in [0, 0.1) is 0 Å². The molecule has 0 radical (unpaired) electrons. The topological polar surface area (TPSA) is 44.8 Å². The Hall–Kier alpha value is -0.653. The molecule has 0 aliphatic heterocycles. The van der Waals surface area contributed by atoms with Crippen molar-refractivity contribution in [3.05, 3.63) is 12.2 Å². The summed E-state index contributed by atoms with van der Waals surface area (Å²) in [7, 11) is -2.39. The number of hydrogen-bond donors (Lipinski definition) is 0. The molecule has 0 bridgehead atoms. The van der Waals surface area contributed by atoms with E-state index < -0.39 is 8.56 Å². The van der Waals surface area contributed by atoms with Crippen LogP contribution >= 0.6 is 0 Å². The SMILES string of the molecule is C=C(C)C(=O)OC[Si](CCC)(OCC)OCC. The zero-order valence-electron chi connectivity index (χ0n) is 11.4. The Bertz CT molecular complexity index is 236. The molecular weight excluding hydrogens is 236 g/mol. The van der Waals surface area contributed by atoms with Gasteiger partial charge < -0.3 is 13.6 Å². The normalized spacial score (nSPS) is 11.3. The molecule has 5 heteroatoms. The molecule has 0 amide bonds. The first-order valence-electron chi connectivity index (χ1n) is 6.11. The van der Waals surface area contributed by atoms with Crippen molar-refractivity contribution in [3.63, 3.8) is 0 Å². The second-order valence-electron chi connectivity index (χ2n) is 3.88. The molecule has 0 saturated carbocycles. The summed E-state index contributed by atoms with van der Waals surface area (Å²) in [6.45, 7) is 12.3. The van der Waals surface area contributed by atoms with Crippen molar-refractivity contribution in [2.24, 2.45) is 0 Å². The van der Waals surface area contributed by atoms with Gasteiger partial charge in [-0.15, -0.1) is 0 Å². The highest BCUT2D eigenvalue weighted by Gasteiger charge is 2.38. The van der Waals surface area contributed by atoms with E-state index in [1.54, 1.807) is 6.92 Å². The second-order valence-corrected chi connectivity index (χ2v) is 7.07. The lowest BCUT2D eigenvalue weighted by Gasteiger charge is -2.29. The molecule has 0 fully saturated rings. The molecule has 0 N–H and O–H groups in total. The number of carbonyl (C=O) groups excluding carboxylic acids is 1. The summed E-state index contributed by atoms with van der Waals surface area (Å²) < 4.78 is 16.7. The first-order valence-corrected chi connectivity index (χ1v) is 8.35. The summed E-state index contributed by atoms with van der Waals surface area (Å²) in [6.07, 6.45) is 1.20. The minimum atomic E-state index is -2.39. The maximum atomic E-state index is 11.4. The summed E-state index contributed by atoms with van der Waals surface area (Å²) >= 11 is 0. The third kappa shape index (κ3) is 6.00. The molecule has 0 aliphatic carbocycles. The lowest BCUT2D eigenvalue weighted by molar-refractivity contribution is -0.138. The smallest absolute Gasteiger partial charge is 0.377 e. The first-order chi connectivity index (χ1) is 8.01. The van der Waals surface area contributed by atoms with Gasteiger partial charge in [0, 0.05) is 18.8 Å². The highest BCUT2D eigenvalue weighted by Crippen LogP contribution is 2.17. The van der Waals surface area contributed by atoms with Crippen LogP contribution in [0.3, 0.4) is 0 Å². The Labute approximate surface area is 105 Å². The molecule has 0 aromatic carbocycles. The van der Waals surface area contributed by atoms with E-state index in [4.69, 9.17) is 13.6 Å². The third-order valence-electron chi connectivity index (χ3n) is 2.22. The fraction of sp³-hybridized carbons (Fsp3) is 0.750. The Morgan fingerprint density at radius 1 is 1.18 bits per heavy atom. The van der Waals surface area contributed by atoms with Gasteiger partial charge in [0.1, 0.15) is 6.23 Å². The van der Waals surface area contributed by atoms with Gasteiger partial charge in [0.2, 0.25) is 0 Å². The van der Waals surface area contributed by atoms with Crippen molar-refractivity contribution >= 4 is 14.5 Å². The van der Waals surface area contributed by atoms with E-state index in [-0.39, 0.29) is 12.2 Å². The van der Waals surface area contributed by atoms with Crippen molar-refractivity contribution < 1.29 is 18.4 Å².